The van der Waals surface area contributed by atoms with Crippen molar-refractivity contribution in [2.75, 3.05) is 0 Å². The number of nitrogens with one attached hydrogen (secondary N) is 1. The fraction of sp³-hybridized carbons (Fsp3) is 0.0625. The maximum atomic E-state index is 10.8. The van der Waals surface area contributed by atoms with Crippen molar-refractivity contribution in [1.29, 1.82) is 0 Å². The molecule has 5 nitrogen and oxygen atoms in total. The normalized spacial score (nSPS) is 11.3. The molecule has 0 unspecified atom stereocenters. The molecule has 104 valence electrons. The second-order valence-electron chi connectivity index (χ2n) is 4.74. The van der Waals surface area contributed by atoms with Gasteiger partial charge in [-0.3, -0.25) is 15.1 Å². The number of nitro benzene ring substituents is 1. The predicted molar refractivity (Wildman–Crippen MR) is 83.4 cm³/mol. The Kier molecular flexibility index (Phi) is 3.23. The molecular weight excluding hydrogens is 266 g/mol. The first-order valence-electron chi connectivity index (χ1n) is 6.51. The summed E-state index contributed by atoms with van der Waals surface area (Å²) >= 11 is 0. The third-order valence-electron chi connectivity index (χ3n) is 3.33. The van der Waals surface area contributed by atoms with Crippen LogP contribution in [0.4, 0.5) is 11.4 Å². The number of non-ortho nitro benzene ring substituents is 1. The first kappa shape index (κ1) is 13.1. The Morgan fingerprint density at radius 2 is 2.00 bits per heavy atom. The fourth-order valence-electron chi connectivity index (χ4n) is 2.29. The molecule has 0 amide bonds. The van der Waals surface area contributed by atoms with Crippen LogP contribution < -0.4 is 0 Å². The van der Waals surface area contributed by atoms with Crippen LogP contribution >= 0.6 is 0 Å². The third kappa shape index (κ3) is 2.53. The molecule has 2 aromatic carbocycles. The highest BCUT2D eigenvalue weighted by molar-refractivity contribution is 6.01. The summed E-state index contributed by atoms with van der Waals surface area (Å²) in [5, 5.41) is 11.9. The van der Waals surface area contributed by atoms with Crippen LogP contribution in [-0.4, -0.2) is 16.1 Å². The molecule has 1 heterocycles. The lowest BCUT2D eigenvalue weighted by Gasteiger charge is -1.95. The van der Waals surface area contributed by atoms with Gasteiger partial charge >= 0.3 is 0 Å². The highest BCUT2D eigenvalue weighted by Crippen LogP contribution is 2.23. The number of H-pyrrole nitrogens is 1. The van der Waals surface area contributed by atoms with Gasteiger partial charge in [0, 0.05) is 40.5 Å². The molecule has 0 saturated carbocycles. The van der Waals surface area contributed by atoms with Crippen molar-refractivity contribution >= 4 is 28.5 Å². The zero-order valence-corrected chi connectivity index (χ0v) is 11.4. The molecule has 5 heteroatoms. The number of hydrogen-bond acceptors (Lipinski definition) is 3. The molecular formula is C16H13N3O2. The maximum Gasteiger partial charge on any atom is 0.271 e. The van der Waals surface area contributed by atoms with Crippen molar-refractivity contribution in [3.63, 3.8) is 0 Å². The standard InChI is InChI=1S/C16H13N3O2/c1-11-15(14-7-2-3-8-16(14)18-11)10-17-12-5-4-6-13(9-12)19(20)21/h2-10,18H,1H3. The average molecular weight is 279 g/mol. The van der Waals surface area contributed by atoms with Gasteiger partial charge in [-0.2, -0.15) is 0 Å². The largest absolute Gasteiger partial charge is 0.358 e. The zero-order chi connectivity index (χ0) is 14.8. The zero-order valence-electron chi connectivity index (χ0n) is 11.4. The van der Waals surface area contributed by atoms with E-state index in [0.29, 0.717) is 5.69 Å². The number of aromatic nitrogens is 1. The van der Waals surface area contributed by atoms with Crippen molar-refractivity contribution in [2.24, 2.45) is 4.99 Å². The van der Waals surface area contributed by atoms with Gasteiger partial charge < -0.3 is 4.98 Å². The summed E-state index contributed by atoms with van der Waals surface area (Å²) in [5.41, 5.74) is 3.67. The molecule has 0 bridgehead atoms. The van der Waals surface area contributed by atoms with Gasteiger partial charge in [-0.25, -0.2) is 0 Å². The molecule has 0 aliphatic rings. The molecule has 3 rings (SSSR count). The quantitative estimate of drug-likeness (QED) is 0.444. The van der Waals surface area contributed by atoms with Crippen molar-refractivity contribution in [3.05, 3.63) is 69.9 Å². The molecule has 1 aromatic heterocycles. The van der Waals surface area contributed by atoms with E-state index in [1.807, 2.05) is 31.2 Å². The number of nitrogens with zero attached hydrogens (tertiary/aromatic N) is 2. The third-order valence-corrected chi connectivity index (χ3v) is 3.33. The van der Waals surface area contributed by atoms with Crippen LogP contribution in [0.3, 0.4) is 0 Å². The monoisotopic (exact) mass is 279 g/mol. The maximum absolute atomic E-state index is 10.8. The summed E-state index contributed by atoms with van der Waals surface area (Å²) in [4.78, 5) is 18.0. The Labute approximate surface area is 121 Å². The lowest BCUT2D eigenvalue weighted by Crippen LogP contribution is -1.86. The number of aryl methyl sites for hydroxylation is 1. The summed E-state index contributed by atoms with van der Waals surface area (Å²) in [7, 11) is 0. The molecule has 0 spiro atoms. The van der Waals surface area contributed by atoms with Gasteiger partial charge in [0.15, 0.2) is 0 Å². The van der Waals surface area contributed by atoms with E-state index in [1.54, 1.807) is 18.3 Å². The van der Waals surface area contributed by atoms with Gasteiger partial charge in [-0.05, 0) is 19.1 Å². The number of benzene rings is 2. The number of nitro groups is 1. The summed E-state index contributed by atoms with van der Waals surface area (Å²) in [6.07, 6.45) is 1.74. The van der Waals surface area contributed by atoms with Gasteiger partial charge in [-0.1, -0.05) is 24.3 Å². The van der Waals surface area contributed by atoms with Crippen LogP contribution in [0, 0.1) is 17.0 Å². The number of aromatic amines is 1. The Hall–Kier alpha value is -2.95. The molecule has 0 atom stereocenters. The van der Waals surface area contributed by atoms with Gasteiger partial charge in [0.05, 0.1) is 10.6 Å². The fourth-order valence-corrected chi connectivity index (χ4v) is 2.29. The van der Waals surface area contributed by atoms with E-state index in [-0.39, 0.29) is 5.69 Å². The Morgan fingerprint density at radius 1 is 1.19 bits per heavy atom. The number of para-hydroxylation sites is 1. The van der Waals surface area contributed by atoms with E-state index < -0.39 is 4.92 Å². The molecule has 0 radical (unpaired) electrons. The summed E-state index contributed by atoms with van der Waals surface area (Å²) in [6, 6.07) is 14.3. The highest BCUT2D eigenvalue weighted by Gasteiger charge is 2.07. The van der Waals surface area contributed by atoms with Gasteiger partial charge in [0.1, 0.15) is 0 Å². The van der Waals surface area contributed by atoms with Crippen LogP contribution in [0.5, 0.6) is 0 Å². The van der Waals surface area contributed by atoms with Crippen LogP contribution in [0.25, 0.3) is 10.9 Å². The summed E-state index contributed by atoms with van der Waals surface area (Å²) < 4.78 is 0. The second-order valence-corrected chi connectivity index (χ2v) is 4.74. The van der Waals surface area contributed by atoms with Gasteiger partial charge in [0.25, 0.3) is 5.69 Å². The molecule has 0 aliphatic carbocycles. The Bertz CT molecular complexity index is 850. The Morgan fingerprint density at radius 3 is 2.81 bits per heavy atom. The second kappa shape index (κ2) is 5.20. The van der Waals surface area contributed by atoms with E-state index in [4.69, 9.17) is 0 Å². The average Bonchev–Trinajstić information content (AvgIpc) is 2.81. The first-order valence-corrected chi connectivity index (χ1v) is 6.51. The molecule has 0 fully saturated rings. The molecule has 3 aromatic rings. The number of aliphatic imine (C=N–C) groups is 1. The topological polar surface area (TPSA) is 71.3 Å². The van der Waals surface area contributed by atoms with E-state index in [9.17, 15) is 10.1 Å². The minimum atomic E-state index is -0.421. The van der Waals surface area contributed by atoms with Crippen molar-refractivity contribution < 1.29 is 4.92 Å². The van der Waals surface area contributed by atoms with Crippen LogP contribution in [0.2, 0.25) is 0 Å². The highest BCUT2D eigenvalue weighted by atomic mass is 16.6. The van der Waals surface area contributed by atoms with Gasteiger partial charge in [0.2, 0.25) is 0 Å². The molecule has 21 heavy (non-hydrogen) atoms. The molecule has 0 saturated heterocycles. The van der Waals surface area contributed by atoms with E-state index in [2.05, 4.69) is 9.98 Å². The number of hydrogen-bond donors (Lipinski definition) is 1. The number of fused-ring (bicyclic) bond motifs is 1. The number of rotatable bonds is 3. The minimum Gasteiger partial charge on any atom is -0.358 e. The summed E-state index contributed by atoms with van der Waals surface area (Å²) in [6.45, 7) is 1.98. The SMILES string of the molecule is Cc1[nH]c2ccccc2c1C=Nc1cccc([N+](=O)[O-])c1. The van der Waals surface area contributed by atoms with Crippen molar-refractivity contribution in [1.82, 2.24) is 4.98 Å². The molecule has 1 N–H and O–H groups in total. The van der Waals surface area contributed by atoms with Crippen LogP contribution in [0.1, 0.15) is 11.3 Å². The smallest absolute Gasteiger partial charge is 0.271 e. The van der Waals surface area contributed by atoms with Crippen LogP contribution in [-0.2, 0) is 0 Å². The van der Waals surface area contributed by atoms with Crippen molar-refractivity contribution in [2.45, 2.75) is 6.92 Å². The van der Waals surface area contributed by atoms with Crippen molar-refractivity contribution in [3.8, 4) is 0 Å². The van der Waals surface area contributed by atoms with Gasteiger partial charge in [-0.15, -0.1) is 0 Å². The van der Waals surface area contributed by atoms with E-state index >= 15 is 0 Å². The minimum absolute atomic E-state index is 0.0419. The van der Waals surface area contributed by atoms with E-state index in [1.165, 1.54) is 12.1 Å². The predicted octanol–water partition coefficient (Wildman–Crippen LogP) is 4.14. The Balaban J connectivity index is 2.00. The lowest BCUT2D eigenvalue weighted by molar-refractivity contribution is -0.384. The summed E-state index contributed by atoms with van der Waals surface area (Å²) in [5.74, 6) is 0. The van der Waals surface area contributed by atoms with E-state index in [0.717, 1.165) is 22.2 Å². The first-order chi connectivity index (χ1) is 10.1. The lowest BCUT2D eigenvalue weighted by atomic mass is 10.1. The molecule has 0 aliphatic heterocycles. The van der Waals surface area contributed by atoms with Crippen LogP contribution in [0.15, 0.2) is 53.5 Å².